The van der Waals surface area contributed by atoms with Gasteiger partial charge in [-0.2, -0.15) is 4.31 Å². The van der Waals surface area contributed by atoms with Crippen molar-refractivity contribution in [2.24, 2.45) is 0 Å². The second-order valence-electron chi connectivity index (χ2n) is 10.9. The molecule has 0 saturated carbocycles. The Morgan fingerprint density at radius 2 is 1.95 bits per heavy atom. The van der Waals surface area contributed by atoms with Crippen molar-refractivity contribution in [2.45, 2.75) is 33.2 Å². The van der Waals surface area contributed by atoms with Crippen LogP contribution < -0.4 is 10.6 Å². The number of aromatic nitrogens is 4. The number of fused-ring (bicyclic) bond motifs is 1. The summed E-state index contributed by atoms with van der Waals surface area (Å²) in [4.78, 5) is 27.4. The maximum absolute atomic E-state index is 12.5. The smallest absolute Gasteiger partial charge is 0.251 e. The van der Waals surface area contributed by atoms with Crippen LogP contribution in [0.2, 0.25) is 0 Å². The van der Waals surface area contributed by atoms with E-state index in [-0.39, 0.29) is 17.7 Å². The number of rotatable bonds is 10. The van der Waals surface area contributed by atoms with Gasteiger partial charge in [0.25, 0.3) is 5.91 Å². The molecule has 1 aliphatic heterocycles. The number of benzene rings is 1. The average Bonchev–Trinajstić information content (AvgIpc) is 3.68. The highest BCUT2D eigenvalue weighted by molar-refractivity contribution is 9.10. The zero-order valence-corrected chi connectivity index (χ0v) is 26.9. The monoisotopic (exact) mass is 656 g/mol. The number of nitrogens with zero attached hydrogens (tertiary/aromatic N) is 5. The van der Waals surface area contributed by atoms with Crippen LogP contribution in [0.15, 0.2) is 41.0 Å². The van der Waals surface area contributed by atoms with Crippen LogP contribution in [0.1, 0.15) is 35.1 Å². The summed E-state index contributed by atoms with van der Waals surface area (Å²) in [5.41, 5.74) is 6.66. The molecule has 1 fully saturated rings. The molecule has 0 spiro atoms. The number of likely N-dealkylation sites (N-methyl/N-ethyl adjacent to an activating group) is 1. The third-order valence-corrected chi connectivity index (χ3v) is 10.1. The van der Waals surface area contributed by atoms with E-state index in [1.165, 1.54) is 0 Å². The Bertz CT molecular complexity index is 1710. The van der Waals surface area contributed by atoms with Gasteiger partial charge >= 0.3 is 0 Å². The summed E-state index contributed by atoms with van der Waals surface area (Å²) in [5.74, 6) is 0.699. The Hall–Kier alpha value is -3.26. The van der Waals surface area contributed by atoms with E-state index in [0.717, 1.165) is 39.3 Å². The minimum absolute atomic E-state index is 0.0310. The summed E-state index contributed by atoms with van der Waals surface area (Å²) in [5, 5.41) is 6.47. The Morgan fingerprint density at radius 3 is 2.64 bits per heavy atom. The number of amides is 1. The Kier molecular flexibility index (Phi) is 8.74. The first-order valence-electron chi connectivity index (χ1n) is 14.0. The molecule has 1 amide bonds. The molecule has 0 radical (unpaired) electrons. The first-order chi connectivity index (χ1) is 20.0. The number of imidazole rings is 1. The number of anilines is 1. The van der Waals surface area contributed by atoms with Gasteiger partial charge in [0.2, 0.25) is 10.0 Å². The van der Waals surface area contributed by atoms with Gasteiger partial charge in [-0.15, -0.1) is 0 Å². The second kappa shape index (κ2) is 12.2. The quantitative estimate of drug-likeness (QED) is 0.236. The fourth-order valence-corrected chi connectivity index (χ4v) is 6.90. The standard InChI is InChI=1S/C29H37BrN8O3S/c1-6-42(40,41)37-13-11-21(17-37)33-25-24(30)16-32-28-26(25)34-27(35-28)23-15-18(2)38(19(23)3)22-9-7-20(8-10-22)29(39)31-12-14-36(4)5/h7-10,15-16,21H,6,11-14,17H2,1-5H3,(H,31,39)(H2,32,33,34,35)/t21-/m0/s1. The topological polar surface area (TPSA) is 128 Å². The van der Waals surface area contributed by atoms with Crippen LogP contribution in [-0.4, -0.2) is 95.1 Å². The highest BCUT2D eigenvalue weighted by Gasteiger charge is 2.31. The number of hydrogen-bond acceptors (Lipinski definition) is 7. The van der Waals surface area contributed by atoms with Crippen molar-refractivity contribution in [1.82, 2.24) is 34.0 Å². The third kappa shape index (κ3) is 6.10. The van der Waals surface area contributed by atoms with E-state index < -0.39 is 10.0 Å². The third-order valence-electron chi connectivity index (χ3n) is 7.64. The number of nitrogens with one attached hydrogen (secondary N) is 3. The van der Waals surface area contributed by atoms with Gasteiger partial charge in [0.1, 0.15) is 11.3 Å². The molecule has 3 N–H and O–H groups in total. The van der Waals surface area contributed by atoms with E-state index in [0.29, 0.717) is 48.6 Å². The number of aromatic amines is 1. The molecule has 42 heavy (non-hydrogen) atoms. The van der Waals surface area contributed by atoms with Crippen molar-refractivity contribution < 1.29 is 13.2 Å². The largest absolute Gasteiger partial charge is 0.378 e. The lowest BCUT2D eigenvalue weighted by Crippen LogP contribution is -2.32. The predicted octanol–water partition coefficient (Wildman–Crippen LogP) is 3.92. The maximum Gasteiger partial charge on any atom is 0.251 e. The van der Waals surface area contributed by atoms with Crippen LogP contribution in [0.5, 0.6) is 0 Å². The number of H-pyrrole nitrogens is 1. The van der Waals surface area contributed by atoms with E-state index >= 15 is 0 Å². The first kappa shape index (κ1) is 30.2. The number of carbonyl (C=O) groups excluding carboxylic acids is 1. The molecular weight excluding hydrogens is 620 g/mol. The van der Waals surface area contributed by atoms with Gasteiger partial charge in [-0.25, -0.2) is 18.4 Å². The second-order valence-corrected chi connectivity index (χ2v) is 14.0. The summed E-state index contributed by atoms with van der Waals surface area (Å²) < 4.78 is 29.1. The van der Waals surface area contributed by atoms with Crippen LogP contribution in [0.25, 0.3) is 28.2 Å². The van der Waals surface area contributed by atoms with Crippen LogP contribution in [0, 0.1) is 13.8 Å². The van der Waals surface area contributed by atoms with E-state index in [4.69, 9.17) is 4.98 Å². The summed E-state index contributed by atoms with van der Waals surface area (Å²) in [6, 6.07) is 9.64. The van der Waals surface area contributed by atoms with Gasteiger partial charge in [-0.3, -0.25) is 4.79 Å². The molecule has 0 aliphatic carbocycles. The Morgan fingerprint density at radius 1 is 1.21 bits per heavy atom. The fraction of sp³-hybridized carbons (Fsp3) is 0.414. The molecule has 0 bridgehead atoms. The number of carbonyl (C=O) groups is 1. The van der Waals surface area contributed by atoms with Gasteiger partial charge in [0.15, 0.2) is 5.65 Å². The molecule has 3 aromatic heterocycles. The zero-order valence-electron chi connectivity index (χ0n) is 24.5. The minimum Gasteiger partial charge on any atom is -0.378 e. The number of hydrogen-bond donors (Lipinski definition) is 3. The lowest BCUT2D eigenvalue weighted by atomic mass is 10.2. The average molecular weight is 658 g/mol. The van der Waals surface area contributed by atoms with Crippen molar-refractivity contribution in [2.75, 3.05) is 51.3 Å². The molecule has 11 nitrogen and oxygen atoms in total. The lowest BCUT2D eigenvalue weighted by Gasteiger charge is -2.17. The van der Waals surface area contributed by atoms with Gasteiger partial charge in [-0.1, -0.05) is 0 Å². The zero-order chi connectivity index (χ0) is 30.2. The van der Waals surface area contributed by atoms with Gasteiger partial charge in [-0.05, 0) is 87.5 Å². The molecule has 1 aromatic carbocycles. The molecule has 4 heterocycles. The van der Waals surface area contributed by atoms with Gasteiger partial charge < -0.3 is 25.1 Å². The van der Waals surface area contributed by atoms with Crippen LogP contribution in [0.4, 0.5) is 5.69 Å². The fourth-order valence-electron chi connectivity index (χ4n) is 5.34. The van der Waals surface area contributed by atoms with Crippen molar-refractivity contribution in [3.8, 4) is 17.1 Å². The molecule has 224 valence electrons. The number of pyridine rings is 1. The van der Waals surface area contributed by atoms with E-state index in [1.54, 1.807) is 17.4 Å². The highest BCUT2D eigenvalue weighted by Crippen LogP contribution is 2.34. The summed E-state index contributed by atoms with van der Waals surface area (Å²) >= 11 is 3.61. The highest BCUT2D eigenvalue weighted by atomic mass is 79.9. The van der Waals surface area contributed by atoms with Crippen LogP contribution >= 0.6 is 15.9 Å². The van der Waals surface area contributed by atoms with E-state index in [9.17, 15) is 13.2 Å². The van der Waals surface area contributed by atoms with Crippen LogP contribution in [-0.2, 0) is 10.0 Å². The molecule has 0 unspecified atom stereocenters. The first-order valence-corrected chi connectivity index (χ1v) is 16.4. The van der Waals surface area contributed by atoms with Crippen molar-refractivity contribution in [3.63, 3.8) is 0 Å². The van der Waals surface area contributed by atoms with Gasteiger partial charge in [0.05, 0.1) is 15.9 Å². The van der Waals surface area contributed by atoms with E-state index in [1.807, 2.05) is 57.1 Å². The predicted molar refractivity (Wildman–Crippen MR) is 170 cm³/mol. The van der Waals surface area contributed by atoms with Crippen LogP contribution in [0.3, 0.4) is 0 Å². The Balaban J connectivity index is 1.39. The molecule has 1 aliphatic rings. The number of halogens is 1. The normalized spacial score (nSPS) is 16.0. The molecule has 1 saturated heterocycles. The molecule has 5 rings (SSSR count). The van der Waals surface area contributed by atoms with Crippen molar-refractivity contribution >= 4 is 48.7 Å². The summed E-state index contributed by atoms with van der Waals surface area (Å²) in [6.45, 7) is 8.04. The van der Waals surface area contributed by atoms with Crippen molar-refractivity contribution in [3.05, 3.63) is 58.0 Å². The molecule has 4 aromatic rings. The molecule has 13 heteroatoms. The minimum atomic E-state index is -3.23. The van der Waals surface area contributed by atoms with E-state index in [2.05, 4.69) is 47.2 Å². The summed E-state index contributed by atoms with van der Waals surface area (Å²) in [7, 11) is 0.720. The van der Waals surface area contributed by atoms with Gasteiger partial charge in [0, 0.05) is 66.6 Å². The molecule has 1 atom stereocenters. The Labute approximate surface area is 254 Å². The lowest BCUT2D eigenvalue weighted by molar-refractivity contribution is 0.0951. The van der Waals surface area contributed by atoms with Crippen molar-refractivity contribution in [1.29, 1.82) is 0 Å². The number of aryl methyl sites for hydroxylation is 1. The SMILES string of the molecule is CCS(=O)(=O)N1CC[C@H](Nc2c(Br)cnc3[nH]c(-c4cc(C)n(-c5ccc(C(=O)NCCN(C)C)cc5)c4C)nc23)C1. The number of sulfonamides is 1. The molecular formula is C29H37BrN8O3S. The summed E-state index contributed by atoms with van der Waals surface area (Å²) in [6.07, 6.45) is 2.44. The maximum atomic E-state index is 12.5.